The van der Waals surface area contributed by atoms with E-state index in [0.29, 0.717) is 22.2 Å². The lowest BCUT2D eigenvalue weighted by Crippen LogP contribution is -2.08. The zero-order valence-corrected chi connectivity index (χ0v) is 15.6. The fraction of sp³-hybridized carbons (Fsp3) is 0.0476. The lowest BCUT2D eigenvalue weighted by molar-refractivity contribution is 0.0471. The summed E-state index contributed by atoms with van der Waals surface area (Å²) in [6.07, 6.45) is 0. The van der Waals surface area contributed by atoms with Gasteiger partial charge in [-0.15, -0.1) is 11.3 Å². The lowest BCUT2D eigenvalue weighted by atomic mass is 10.1. The van der Waals surface area contributed by atoms with Crippen LogP contribution in [0.25, 0.3) is 21.5 Å². The van der Waals surface area contributed by atoms with Crippen molar-refractivity contribution in [2.45, 2.75) is 6.61 Å². The van der Waals surface area contributed by atoms with E-state index in [-0.39, 0.29) is 17.2 Å². The van der Waals surface area contributed by atoms with Gasteiger partial charge in [-0.2, -0.15) is 0 Å². The van der Waals surface area contributed by atoms with Gasteiger partial charge >= 0.3 is 5.97 Å². The molecule has 0 saturated carbocycles. The van der Waals surface area contributed by atoms with Gasteiger partial charge in [0.2, 0.25) is 0 Å². The summed E-state index contributed by atoms with van der Waals surface area (Å²) in [4.78, 5) is 18.3. The Morgan fingerprint density at radius 2 is 1.96 bits per heavy atom. The van der Waals surface area contributed by atoms with Crippen LogP contribution in [0.15, 0.2) is 66.0 Å². The molecule has 0 aliphatic carbocycles. The van der Waals surface area contributed by atoms with Gasteiger partial charge in [-0.05, 0) is 35.7 Å². The summed E-state index contributed by atoms with van der Waals surface area (Å²) in [5.74, 6) is -1.06. The third-order valence-electron chi connectivity index (χ3n) is 4.12. The molecule has 0 atom stereocenters. The summed E-state index contributed by atoms with van der Waals surface area (Å²) in [5, 5.41) is 2.86. The van der Waals surface area contributed by atoms with Crippen LogP contribution in [0.3, 0.4) is 0 Å². The highest BCUT2D eigenvalue weighted by Crippen LogP contribution is 2.28. The Hall–Kier alpha value is -2.76. The highest BCUT2D eigenvalue weighted by Gasteiger charge is 2.17. The molecule has 2 aromatic carbocycles. The van der Waals surface area contributed by atoms with E-state index in [2.05, 4.69) is 4.98 Å². The third-order valence-corrected chi connectivity index (χ3v) is 5.37. The van der Waals surface area contributed by atoms with Crippen molar-refractivity contribution in [2.75, 3.05) is 0 Å². The number of carbonyl (C=O) groups is 1. The summed E-state index contributed by atoms with van der Waals surface area (Å²) in [7, 11) is 0. The van der Waals surface area contributed by atoms with E-state index in [1.54, 1.807) is 12.1 Å². The summed E-state index contributed by atoms with van der Waals surface area (Å²) >= 11 is 7.54. The highest BCUT2D eigenvalue weighted by atomic mass is 35.5. The topological polar surface area (TPSA) is 39.2 Å². The average Bonchev–Trinajstić information content (AvgIpc) is 3.21. The molecule has 3 nitrogen and oxygen atoms in total. The second kappa shape index (κ2) is 7.47. The average molecular weight is 398 g/mol. The van der Waals surface area contributed by atoms with Crippen LogP contribution in [0, 0.1) is 5.82 Å². The van der Waals surface area contributed by atoms with Gasteiger partial charge in [0.1, 0.15) is 12.4 Å². The number of esters is 1. The molecule has 27 heavy (non-hydrogen) atoms. The van der Waals surface area contributed by atoms with Crippen molar-refractivity contribution < 1.29 is 13.9 Å². The summed E-state index contributed by atoms with van der Waals surface area (Å²) in [6, 6.07) is 17.3. The molecule has 2 heterocycles. The molecule has 0 bridgehead atoms. The Balaban J connectivity index is 1.70. The maximum Gasteiger partial charge on any atom is 0.339 e. The summed E-state index contributed by atoms with van der Waals surface area (Å²) < 4.78 is 19.3. The molecule has 4 rings (SSSR count). The number of carbonyl (C=O) groups excluding carboxylic acids is 1. The minimum absolute atomic E-state index is 0.157. The number of nitrogens with zero attached hydrogens (tertiary/aromatic N) is 1. The Labute approximate surface area is 164 Å². The maximum absolute atomic E-state index is 13.9. The number of benzene rings is 2. The molecule has 0 amide bonds. The molecule has 4 aromatic rings. The molecule has 0 unspecified atom stereocenters. The predicted octanol–water partition coefficient (Wildman–Crippen LogP) is 6.11. The second-order valence-corrected chi connectivity index (χ2v) is 7.18. The van der Waals surface area contributed by atoms with Crippen LogP contribution in [-0.2, 0) is 11.3 Å². The van der Waals surface area contributed by atoms with Crippen LogP contribution < -0.4 is 0 Å². The third kappa shape index (κ3) is 3.56. The zero-order valence-electron chi connectivity index (χ0n) is 14.0. The van der Waals surface area contributed by atoms with E-state index in [1.807, 2.05) is 41.8 Å². The van der Waals surface area contributed by atoms with E-state index < -0.39 is 11.8 Å². The maximum atomic E-state index is 13.9. The number of halogens is 2. The first kappa shape index (κ1) is 17.6. The van der Waals surface area contributed by atoms with Crippen LogP contribution in [0.2, 0.25) is 5.02 Å². The van der Waals surface area contributed by atoms with Gasteiger partial charge in [-0.3, -0.25) is 0 Å². The van der Waals surface area contributed by atoms with Gasteiger partial charge < -0.3 is 4.74 Å². The lowest BCUT2D eigenvalue weighted by Gasteiger charge is -2.10. The fourth-order valence-electron chi connectivity index (χ4n) is 2.78. The van der Waals surface area contributed by atoms with Gasteiger partial charge in [-0.1, -0.05) is 41.9 Å². The number of para-hydroxylation sites is 1. The molecule has 0 radical (unpaired) electrons. The van der Waals surface area contributed by atoms with Gasteiger partial charge in [0.25, 0.3) is 0 Å². The number of thiophene rings is 1. The van der Waals surface area contributed by atoms with Crippen molar-refractivity contribution in [3.8, 4) is 10.6 Å². The SMILES string of the molecule is O=C(OCc1c(F)cccc1Cl)c1cc(-c2cccs2)nc2ccccc12. The molecule has 134 valence electrons. The minimum Gasteiger partial charge on any atom is -0.457 e. The van der Waals surface area contributed by atoms with Gasteiger partial charge in [-0.25, -0.2) is 14.2 Å². The van der Waals surface area contributed by atoms with Gasteiger partial charge in [0.15, 0.2) is 0 Å². The van der Waals surface area contributed by atoms with E-state index in [9.17, 15) is 9.18 Å². The first-order chi connectivity index (χ1) is 13.1. The van der Waals surface area contributed by atoms with E-state index in [1.165, 1.54) is 23.5 Å². The van der Waals surface area contributed by atoms with E-state index in [4.69, 9.17) is 16.3 Å². The van der Waals surface area contributed by atoms with Crippen molar-refractivity contribution >= 4 is 39.8 Å². The fourth-order valence-corrected chi connectivity index (χ4v) is 3.68. The van der Waals surface area contributed by atoms with Crippen molar-refractivity contribution in [3.05, 3.63) is 88.0 Å². The smallest absolute Gasteiger partial charge is 0.339 e. The summed E-state index contributed by atoms with van der Waals surface area (Å²) in [5.41, 5.74) is 1.93. The van der Waals surface area contributed by atoms with Crippen molar-refractivity contribution in [1.29, 1.82) is 0 Å². The molecule has 0 fully saturated rings. The number of hydrogen-bond donors (Lipinski definition) is 0. The van der Waals surface area contributed by atoms with Crippen LogP contribution in [0.4, 0.5) is 4.39 Å². The number of rotatable bonds is 4. The first-order valence-electron chi connectivity index (χ1n) is 8.17. The standard InChI is InChI=1S/C21H13ClFNO2S/c22-16-6-3-7-17(23)15(16)12-26-21(25)14-11-19(20-9-4-10-27-20)24-18-8-2-1-5-13(14)18/h1-11H,12H2. The number of hydrogen-bond acceptors (Lipinski definition) is 4. The Morgan fingerprint density at radius 3 is 2.74 bits per heavy atom. The zero-order chi connectivity index (χ0) is 18.8. The van der Waals surface area contributed by atoms with Crippen LogP contribution in [-0.4, -0.2) is 11.0 Å². The molecule has 0 aliphatic heterocycles. The number of aromatic nitrogens is 1. The second-order valence-electron chi connectivity index (χ2n) is 5.83. The van der Waals surface area contributed by atoms with Gasteiger partial charge in [0, 0.05) is 10.9 Å². The Bertz CT molecular complexity index is 1110. The molecule has 0 N–H and O–H groups in total. The van der Waals surface area contributed by atoms with Crippen LogP contribution in [0.5, 0.6) is 0 Å². The molecular weight excluding hydrogens is 385 g/mol. The minimum atomic E-state index is -0.550. The van der Waals surface area contributed by atoms with E-state index in [0.717, 1.165) is 4.88 Å². The molecule has 0 spiro atoms. The quantitative estimate of drug-likeness (QED) is 0.390. The van der Waals surface area contributed by atoms with Crippen molar-refractivity contribution in [2.24, 2.45) is 0 Å². The summed E-state index contributed by atoms with van der Waals surface area (Å²) in [6.45, 7) is -0.241. The van der Waals surface area contributed by atoms with E-state index >= 15 is 0 Å². The number of fused-ring (bicyclic) bond motifs is 1. The normalized spacial score (nSPS) is 10.9. The monoisotopic (exact) mass is 397 g/mol. The molecule has 6 heteroatoms. The molecule has 0 aliphatic rings. The van der Waals surface area contributed by atoms with Crippen LogP contribution in [0.1, 0.15) is 15.9 Å². The number of pyridine rings is 1. The van der Waals surface area contributed by atoms with Gasteiger partial charge in [0.05, 0.1) is 26.7 Å². The molecular formula is C21H13ClFNO2S. The first-order valence-corrected chi connectivity index (χ1v) is 9.43. The largest absolute Gasteiger partial charge is 0.457 e. The molecule has 2 aromatic heterocycles. The Kier molecular flexibility index (Phi) is 4.88. The van der Waals surface area contributed by atoms with Crippen molar-refractivity contribution in [1.82, 2.24) is 4.98 Å². The van der Waals surface area contributed by atoms with Crippen LogP contribution >= 0.6 is 22.9 Å². The number of ether oxygens (including phenoxy) is 1. The van der Waals surface area contributed by atoms with Crippen molar-refractivity contribution in [3.63, 3.8) is 0 Å². The predicted molar refractivity (Wildman–Crippen MR) is 106 cm³/mol. The highest BCUT2D eigenvalue weighted by molar-refractivity contribution is 7.13. The Morgan fingerprint density at radius 1 is 1.11 bits per heavy atom. The molecule has 0 saturated heterocycles.